The molecule has 0 aromatic heterocycles. The Morgan fingerprint density at radius 3 is 2.53 bits per heavy atom. The van der Waals surface area contributed by atoms with Gasteiger partial charge in [0.05, 0.1) is 6.04 Å². The summed E-state index contributed by atoms with van der Waals surface area (Å²) in [4.78, 5) is 26.8. The monoisotopic (exact) mass is 288 g/mol. The Hall–Kier alpha value is -0.970. The van der Waals surface area contributed by atoms with E-state index >= 15 is 0 Å². The molecule has 2 heterocycles. The summed E-state index contributed by atoms with van der Waals surface area (Å²) in [7, 11) is 0. The van der Waals surface area contributed by atoms with Crippen molar-refractivity contribution in [3.05, 3.63) is 0 Å². The van der Waals surface area contributed by atoms with Crippen LogP contribution in [-0.4, -0.2) is 52.5 Å². The molecule has 5 nitrogen and oxygen atoms in total. The molecule has 2 amide bonds. The van der Waals surface area contributed by atoms with Crippen molar-refractivity contribution in [1.82, 2.24) is 9.80 Å². The topological polar surface area (TPSA) is 49.9 Å². The third-order valence-corrected chi connectivity index (χ3v) is 3.88. The number of ether oxygens (including phenoxy) is 1. The quantitative estimate of drug-likeness (QED) is 0.509. The molecule has 2 saturated heterocycles. The lowest BCUT2D eigenvalue weighted by Gasteiger charge is -2.35. The summed E-state index contributed by atoms with van der Waals surface area (Å²) in [6, 6.07) is 0.0475. The lowest BCUT2D eigenvalue weighted by atomic mass is 9.93. The van der Waals surface area contributed by atoms with Gasteiger partial charge >= 0.3 is 11.5 Å². The van der Waals surface area contributed by atoms with E-state index in [1.807, 2.05) is 20.8 Å². The van der Waals surface area contributed by atoms with E-state index in [-0.39, 0.29) is 12.1 Å². The SMILES string of the molecule is CC(C)(C)OC(=O)N1C[C@@H]2CCCN(C(=O)Cl)[C@@H]2C1. The molecule has 0 saturated carbocycles. The minimum Gasteiger partial charge on any atom is -0.444 e. The van der Waals surface area contributed by atoms with E-state index in [0.717, 1.165) is 12.8 Å². The largest absolute Gasteiger partial charge is 0.444 e. The van der Waals surface area contributed by atoms with Crippen molar-refractivity contribution >= 4 is 23.1 Å². The summed E-state index contributed by atoms with van der Waals surface area (Å²) < 4.78 is 5.37. The predicted octanol–water partition coefficient (Wildman–Crippen LogP) is 2.68. The number of halogens is 1. The highest BCUT2D eigenvalue weighted by Gasteiger charge is 2.43. The molecular formula is C13H21ClN2O3. The smallest absolute Gasteiger partial charge is 0.410 e. The number of rotatable bonds is 0. The summed E-state index contributed by atoms with van der Waals surface area (Å²) in [6.07, 6.45) is 1.68. The third-order valence-electron chi connectivity index (χ3n) is 3.66. The van der Waals surface area contributed by atoms with Crippen LogP contribution in [0.1, 0.15) is 33.6 Å². The van der Waals surface area contributed by atoms with E-state index in [1.54, 1.807) is 9.80 Å². The average Bonchev–Trinajstić information content (AvgIpc) is 2.69. The van der Waals surface area contributed by atoms with Gasteiger partial charge in [-0.05, 0) is 51.1 Å². The molecule has 2 aliphatic rings. The van der Waals surface area contributed by atoms with Crippen molar-refractivity contribution < 1.29 is 14.3 Å². The first-order valence-corrected chi connectivity index (χ1v) is 7.10. The summed E-state index contributed by atoms with van der Waals surface area (Å²) in [5.74, 6) is 0.323. The second-order valence-corrected chi connectivity index (χ2v) is 6.62. The summed E-state index contributed by atoms with van der Waals surface area (Å²) in [5.41, 5.74) is -0.493. The molecule has 0 aliphatic carbocycles. The molecule has 19 heavy (non-hydrogen) atoms. The van der Waals surface area contributed by atoms with Crippen molar-refractivity contribution in [2.24, 2.45) is 5.92 Å². The summed E-state index contributed by atoms with van der Waals surface area (Å²) in [5, 5.41) is -0.416. The number of fused-ring (bicyclic) bond motifs is 1. The van der Waals surface area contributed by atoms with Crippen LogP contribution in [0.2, 0.25) is 0 Å². The fraction of sp³-hybridized carbons (Fsp3) is 0.846. The van der Waals surface area contributed by atoms with Gasteiger partial charge in [0.1, 0.15) is 5.60 Å². The maximum Gasteiger partial charge on any atom is 0.410 e. The maximum atomic E-state index is 12.0. The molecule has 0 spiro atoms. The Bertz CT molecular complexity index is 381. The van der Waals surface area contributed by atoms with Crippen LogP contribution >= 0.6 is 11.6 Å². The standard InChI is InChI=1S/C13H21ClN2O3/c1-13(2,3)19-12(18)15-7-9-5-4-6-16(11(14)17)10(9)8-15/h9-10H,4-8H2,1-3H3/t9-,10+/m0/s1. The zero-order chi connectivity index (χ0) is 14.2. The highest BCUT2D eigenvalue weighted by atomic mass is 35.5. The maximum absolute atomic E-state index is 12.0. The number of amides is 2. The van der Waals surface area contributed by atoms with Gasteiger partial charge in [-0.25, -0.2) is 4.79 Å². The molecule has 2 aliphatic heterocycles. The Kier molecular flexibility index (Phi) is 3.95. The Morgan fingerprint density at radius 1 is 1.26 bits per heavy atom. The van der Waals surface area contributed by atoms with Crippen LogP contribution in [0.15, 0.2) is 0 Å². The number of nitrogens with zero attached hydrogens (tertiary/aromatic N) is 2. The van der Waals surface area contributed by atoms with Gasteiger partial charge in [-0.1, -0.05) is 0 Å². The molecule has 0 unspecified atom stereocenters. The first kappa shape index (κ1) is 14.4. The van der Waals surface area contributed by atoms with E-state index in [9.17, 15) is 9.59 Å². The number of carbonyl (C=O) groups is 2. The van der Waals surface area contributed by atoms with E-state index in [2.05, 4.69) is 0 Å². The predicted molar refractivity (Wildman–Crippen MR) is 72.3 cm³/mol. The molecule has 0 N–H and O–H groups in total. The van der Waals surface area contributed by atoms with Crippen LogP contribution in [0.5, 0.6) is 0 Å². The van der Waals surface area contributed by atoms with Gasteiger partial charge in [-0.15, -0.1) is 0 Å². The van der Waals surface area contributed by atoms with E-state index in [4.69, 9.17) is 16.3 Å². The normalized spacial score (nSPS) is 27.2. The highest BCUT2D eigenvalue weighted by molar-refractivity contribution is 6.62. The Labute approximate surface area is 118 Å². The minimum absolute atomic E-state index is 0.0475. The van der Waals surface area contributed by atoms with E-state index in [1.165, 1.54) is 0 Å². The molecule has 0 bridgehead atoms. The molecule has 6 heteroatoms. The average molecular weight is 289 g/mol. The van der Waals surface area contributed by atoms with Gasteiger partial charge < -0.3 is 14.5 Å². The second-order valence-electron chi connectivity index (χ2n) is 6.30. The van der Waals surface area contributed by atoms with Crippen LogP contribution in [-0.2, 0) is 4.74 Å². The fourth-order valence-electron chi connectivity index (χ4n) is 2.87. The fourth-order valence-corrected chi connectivity index (χ4v) is 3.08. The van der Waals surface area contributed by atoms with Crippen LogP contribution in [0.4, 0.5) is 9.59 Å². The first-order valence-electron chi connectivity index (χ1n) is 6.72. The summed E-state index contributed by atoms with van der Waals surface area (Å²) in [6.45, 7) is 7.41. The molecule has 2 fully saturated rings. The van der Waals surface area contributed by atoms with Crippen LogP contribution in [0, 0.1) is 5.92 Å². The molecule has 2 rings (SSSR count). The number of carbonyl (C=O) groups excluding carboxylic acids is 2. The lowest BCUT2D eigenvalue weighted by Crippen LogP contribution is -2.46. The van der Waals surface area contributed by atoms with Gasteiger partial charge in [0, 0.05) is 19.6 Å². The number of hydrogen-bond acceptors (Lipinski definition) is 3. The minimum atomic E-state index is -0.493. The first-order chi connectivity index (χ1) is 8.78. The number of hydrogen-bond donors (Lipinski definition) is 0. The molecule has 108 valence electrons. The Balaban J connectivity index is 2.01. The molecule has 0 aromatic carbocycles. The van der Waals surface area contributed by atoms with E-state index < -0.39 is 11.0 Å². The van der Waals surface area contributed by atoms with Crippen molar-refractivity contribution in [1.29, 1.82) is 0 Å². The van der Waals surface area contributed by atoms with Crippen LogP contribution < -0.4 is 0 Å². The third kappa shape index (κ3) is 3.32. The molecular weight excluding hydrogens is 268 g/mol. The van der Waals surface area contributed by atoms with Crippen molar-refractivity contribution in [2.75, 3.05) is 19.6 Å². The Morgan fingerprint density at radius 2 is 1.95 bits per heavy atom. The van der Waals surface area contributed by atoms with Crippen LogP contribution in [0.25, 0.3) is 0 Å². The van der Waals surface area contributed by atoms with Gasteiger partial charge in [0.15, 0.2) is 0 Å². The van der Waals surface area contributed by atoms with Gasteiger partial charge in [0.25, 0.3) is 0 Å². The van der Waals surface area contributed by atoms with Crippen LogP contribution in [0.3, 0.4) is 0 Å². The zero-order valence-electron chi connectivity index (χ0n) is 11.7. The number of likely N-dealkylation sites (tertiary alicyclic amines) is 2. The van der Waals surface area contributed by atoms with Gasteiger partial charge in [0.2, 0.25) is 0 Å². The van der Waals surface area contributed by atoms with Gasteiger partial charge in [-0.2, -0.15) is 0 Å². The molecule has 0 aromatic rings. The lowest BCUT2D eigenvalue weighted by molar-refractivity contribution is 0.0282. The van der Waals surface area contributed by atoms with Gasteiger partial charge in [-0.3, -0.25) is 4.79 Å². The molecule has 2 atom stereocenters. The van der Waals surface area contributed by atoms with Crippen molar-refractivity contribution in [3.63, 3.8) is 0 Å². The summed E-state index contributed by atoms with van der Waals surface area (Å²) >= 11 is 5.61. The zero-order valence-corrected chi connectivity index (χ0v) is 12.4. The van der Waals surface area contributed by atoms with Crippen molar-refractivity contribution in [2.45, 2.75) is 45.3 Å². The highest BCUT2D eigenvalue weighted by Crippen LogP contribution is 2.32. The van der Waals surface area contributed by atoms with E-state index in [0.29, 0.717) is 25.6 Å². The second kappa shape index (κ2) is 5.19. The van der Waals surface area contributed by atoms with Crippen molar-refractivity contribution in [3.8, 4) is 0 Å². The number of piperidine rings is 1. The molecule has 0 radical (unpaired) electrons.